The first-order valence-electron chi connectivity index (χ1n) is 8.51. The Morgan fingerprint density at radius 3 is 2.83 bits per heavy atom. The van der Waals surface area contributed by atoms with E-state index in [2.05, 4.69) is 20.4 Å². The molecule has 0 aromatic carbocycles. The molecule has 0 saturated carbocycles. The molecule has 1 fully saturated rings. The number of aromatic nitrogens is 3. The molecule has 8 nitrogen and oxygen atoms in total. The van der Waals surface area contributed by atoms with Gasteiger partial charge in [0, 0.05) is 53.4 Å². The predicted octanol–water partition coefficient (Wildman–Crippen LogP) is 0.574. The number of aliphatic imine (C=N–C) groups is 1. The van der Waals surface area contributed by atoms with E-state index in [-0.39, 0.29) is 0 Å². The van der Waals surface area contributed by atoms with Crippen LogP contribution in [-0.2, 0) is 23.1 Å². The fourth-order valence-electron chi connectivity index (χ4n) is 2.82. The van der Waals surface area contributed by atoms with Crippen LogP contribution in [-0.4, -0.2) is 72.7 Å². The van der Waals surface area contributed by atoms with Crippen LogP contribution in [0.1, 0.15) is 24.5 Å². The molecular weight excluding hydrogens is 308 g/mol. The lowest BCUT2D eigenvalue weighted by Gasteiger charge is -2.22. The lowest BCUT2D eigenvalue weighted by atomic mass is 10.1. The average molecular weight is 338 g/mol. The van der Waals surface area contributed by atoms with Gasteiger partial charge in [-0.1, -0.05) is 0 Å². The van der Waals surface area contributed by atoms with Crippen LogP contribution in [0.2, 0.25) is 0 Å². The average Bonchev–Trinajstić information content (AvgIpc) is 3.16. The minimum absolute atomic E-state index is 0.523. The molecule has 2 heterocycles. The highest BCUT2D eigenvalue weighted by Gasteiger charge is 2.24. The van der Waals surface area contributed by atoms with E-state index in [9.17, 15) is 0 Å². The smallest absolute Gasteiger partial charge is 0.194 e. The summed E-state index contributed by atoms with van der Waals surface area (Å²) in [6.07, 6.45) is 2.09. The van der Waals surface area contributed by atoms with Gasteiger partial charge in [-0.15, -0.1) is 10.2 Å². The third-order valence-electron chi connectivity index (χ3n) is 4.35. The molecule has 1 unspecified atom stereocenters. The molecule has 0 aliphatic carbocycles. The fourth-order valence-corrected chi connectivity index (χ4v) is 2.82. The van der Waals surface area contributed by atoms with Crippen LogP contribution in [0.5, 0.6) is 0 Å². The van der Waals surface area contributed by atoms with E-state index in [1.165, 1.54) is 0 Å². The lowest BCUT2D eigenvalue weighted by molar-refractivity contribution is 0.157. The van der Waals surface area contributed by atoms with E-state index in [1.807, 2.05) is 18.5 Å². The molecule has 0 radical (unpaired) electrons. The van der Waals surface area contributed by atoms with Crippen LogP contribution >= 0.6 is 0 Å². The van der Waals surface area contributed by atoms with Crippen LogP contribution in [0.25, 0.3) is 0 Å². The first-order valence-corrected chi connectivity index (χ1v) is 8.51. The van der Waals surface area contributed by atoms with Gasteiger partial charge in [0.05, 0.1) is 6.61 Å². The summed E-state index contributed by atoms with van der Waals surface area (Å²) < 4.78 is 12.4. The van der Waals surface area contributed by atoms with Crippen molar-refractivity contribution in [2.75, 3.05) is 47.1 Å². The van der Waals surface area contributed by atoms with Crippen LogP contribution in [0, 0.1) is 12.8 Å². The van der Waals surface area contributed by atoms with E-state index in [1.54, 1.807) is 14.2 Å². The monoisotopic (exact) mass is 338 g/mol. The second kappa shape index (κ2) is 9.58. The molecule has 1 atom stereocenters. The second-order valence-electron chi connectivity index (χ2n) is 6.19. The summed E-state index contributed by atoms with van der Waals surface area (Å²) in [7, 11) is 5.45. The standard InChI is InChI=1S/C16H30N6O2/c1-13-19-20-15(21(13)2)10-18-16(17-7-5-9-23-3)22-8-6-14(11-22)12-24-4/h14H,5-12H2,1-4H3,(H,17,18). The van der Waals surface area contributed by atoms with Crippen molar-refractivity contribution in [3.05, 3.63) is 11.6 Å². The molecule has 1 aliphatic heterocycles. The topological polar surface area (TPSA) is 76.8 Å². The van der Waals surface area contributed by atoms with Gasteiger partial charge in [-0.3, -0.25) is 0 Å². The number of ether oxygens (including phenoxy) is 2. The normalized spacial score (nSPS) is 18.4. The number of aryl methyl sites for hydroxylation is 1. The van der Waals surface area contributed by atoms with Crippen molar-refractivity contribution in [1.29, 1.82) is 0 Å². The molecule has 1 saturated heterocycles. The summed E-state index contributed by atoms with van der Waals surface area (Å²) in [5.41, 5.74) is 0. The Hall–Kier alpha value is -1.67. The summed E-state index contributed by atoms with van der Waals surface area (Å²) in [5.74, 6) is 3.27. The SMILES string of the molecule is COCCCNC(=NCc1nnc(C)n1C)N1CCC(COC)C1. The Bertz CT molecular complexity index is 531. The van der Waals surface area contributed by atoms with Gasteiger partial charge in [-0.25, -0.2) is 4.99 Å². The Kier molecular flexibility index (Phi) is 7.45. The summed E-state index contributed by atoms with van der Waals surface area (Å²) in [6.45, 7) is 6.83. The maximum absolute atomic E-state index is 5.29. The van der Waals surface area contributed by atoms with Gasteiger partial charge in [0.15, 0.2) is 11.8 Å². The number of nitrogens with zero attached hydrogens (tertiary/aromatic N) is 5. The van der Waals surface area contributed by atoms with E-state index < -0.39 is 0 Å². The van der Waals surface area contributed by atoms with Crippen molar-refractivity contribution < 1.29 is 9.47 Å². The molecule has 136 valence electrons. The molecule has 0 amide bonds. The van der Waals surface area contributed by atoms with E-state index >= 15 is 0 Å². The van der Waals surface area contributed by atoms with Crippen molar-refractivity contribution in [2.45, 2.75) is 26.3 Å². The molecule has 1 aromatic heterocycles. The van der Waals surface area contributed by atoms with Gasteiger partial charge >= 0.3 is 0 Å². The second-order valence-corrected chi connectivity index (χ2v) is 6.19. The molecule has 1 aromatic rings. The highest BCUT2D eigenvalue weighted by Crippen LogP contribution is 2.16. The quantitative estimate of drug-likeness (QED) is 0.424. The Balaban J connectivity index is 1.99. The maximum atomic E-state index is 5.29. The Labute approximate surface area is 144 Å². The summed E-state index contributed by atoms with van der Waals surface area (Å²) in [5, 5.41) is 11.7. The summed E-state index contributed by atoms with van der Waals surface area (Å²) in [6, 6.07) is 0. The number of hydrogen-bond donors (Lipinski definition) is 1. The van der Waals surface area contributed by atoms with Gasteiger partial charge < -0.3 is 24.3 Å². The zero-order valence-electron chi connectivity index (χ0n) is 15.3. The van der Waals surface area contributed by atoms with Crippen LogP contribution in [0.15, 0.2) is 4.99 Å². The minimum Gasteiger partial charge on any atom is -0.385 e. The molecular formula is C16H30N6O2. The maximum Gasteiger partial charge on any atom is 0.194 e. The van der Waals surface area contributed by atoms with Crippen LogP contribution in [0.3, 0.4) is 0 Å². The van der Waals surface area contributed by atoms with Crippen molar-refractivity contribution in [3.8, 4) is 0 Å². The van der Waals surface area contributed by atoms with Crippen LogP contribution in [0.4, 0.5) is 0 Å². The molecule has 0 bridgehead atoms. The number of methoxy groups -OCH3 is 2. The number of guanidine groups is 1. The highest BCUT2D eigenvalue weighted by molar-refractivity contribution is 5.80. The van der Waals surface area contributed by atoms with Crippen molar-refractivity contribution in [3.63, 3.8) is 0 Å². The lowest BCUT2D eigenvalue weighted by Crippen LogP contribution is -2.41. The number of rotatable bonds is 8. The fraction of sp³-hybridized carbons (Fsp3) is 0.812. The number of likely N-dealkylation sites (tertiary alicyclic amines) is 1. The predicted molar refractivity (Wildman–Crippen MR) is 92.9 cm³/mol. The summed E-state index contributed by atoms with van der Waals surface area (Å²) in [4.78, 5) is 7.07. The van der Waals surface area contributed by atoms with E-state index in [0.29, 0.717) is 12.5 Å². The molecule has 0 spiro atoms. The van der Waals surface area contributed by atoms with Gasteiger partial charge in [0.25, 0.3) is 0 Å². The zero-order valence-corrected chi connectivity index (χ0v) is 15.3. The van der Waals surface area contributed by atoms with Crippen molar-refractivity contribution in [1.82, 2.24) is 25.0 Å². The van der Waals surface area contributed by atoms with Gasteiger partial charge in [-0.05, 0) is 19.8 Å². The van der Waals surface area contributed by atoms with Gasteiger partial charge in [0.1, 0.15) is 12.4 Å². The van der Waals surface area contributed by atoms with Crippen molar-refractivity contribution >= 4 is 5.96 Å². The van der Waals surface area contributed by atoms with E-state index in [4.69, 9.17) is 14.5 Å². The number of hydrogen-bond acceptors (Lipinski definition) is 5. The third-order valence-corrected chi connectivity index (χ3v) is 4.35. The first-order chi connectivity index (χ1) is 11.7. The third kappa shape index (κ3) is 5.17. The van der Waals surface area contributed by atoms with Gasteiger partial charge in [-0.2, -0.15) is 0 Å². The van der Waals surface area contributed by atoms with E-state index in [0.717, 1.165) is 63.3 Å². The van der Waals surface area contributed by atoms with Crippen LogP contribution < -0.4 is 5.32 Å². The van der Waals surface area contributed by atoms with Gasteiger partial charge in [0.2, 0.25) is 0 Å². The number of nitrogens with one attached hydrogen (secondary N) is 1. The highest BCUT2D eigenvalue weighted by atomic mass is 16.5. The van der Waals surface area contributed by atoms with Crippen molar-refractivity contribution in [2.24, 2.45) is 18.0 Å². The molecule has 8 heteroatoms. The minimum atomic E-state index is 0.523. The summed E-state index contributed by atoms with van der Waals surface area (Å²) >= 11 is 0. The molecule has 24 heavy (non-hydrogen) atoms. The first kappa shape index (κ1) is 18.7. The zero-order chi connectivity index (χ0) is 17.4. The Morgan fingerprint density at radius 2 is 2.17 bits per heavy atom. The molecule has 1 N–H and O–H groups in total. The Morgan fingerprint density at radius 1 is 1.33 bits per heavy atom. The molecule has 1 aliphatic rings. The largest absolute Gasteiger partial charge is 0.385 e. The molecule has 2 rings (SSSR count).